The van der Waals surface area contributed by atoms with Crippen LogP contribution in [0.5, 0.6) is 0 Å². The van der Waals surface area contributed by atoms with Crippen molar-refractivity contribution >= 4 is 22.9 Å². The summed E-state index contributed by atoms with van der Waals surface area (Å²) in [6.07, 6.45) is 4.23. The van der Waals surface area contributed by atoms with Gasteiger partial charge in [-0.2, -0.15) is 9.61 Å². The molecule has 0 N–H and O–H groups in total. The van der Waals surface area contributed by atoms with Crippen LogP contribution >= 0.6 is 11.3 Å². The molecule has 112 valence electrons. The maximum atomic E-state index is 12.2. The number of thiazole rings is 1. The smallest absolute Gasteiger partial charge is 0.228 e. The van der Waals surface area contributed by atoms with Crippen molar-refractivity contribution in [2.45, 2.75) is 19.3 Å². The van der Waals surface area contributed by atoms with E-state index < -0.39 is 0 Å². The summed E-state index contributed by atoms with van der Waals surface area (Å²) in [5.41, 5.74) is 1.38. The van der Waals surface area contributed by atoms with Crippen molar-refractivity contribution in [3.63, 3.8) is 0 Å². The van der Waals surface area contributed by atoms with Crippen molar-refractivity contribution in [3.05, 3.63) is 29.4 Å². The van der Waals surface area contributed by atoms with Crippen molar-refractivity contribution in [2.75, 3.05) is 13.1 Å². The third-order valence-corrected chi connectivity index (χ3v) is 4.50. The average Bonchev–Trinajstić information content (AvgIpc) is 3.27. The van der Waals surface area contributed by atoms with E-state index in [9.17, 15) is 4.79 Å². The summed E-state index contributed by atoms with van der Waals surface area (Å²) in [5, 5.41) is 15.4. The number of likely N-dealkylation sites (tertiary alicyclic amines) is 1. The average molecular weight is 314 g/mol. The normalized spacial score (nSPS) is 14.8. The second-order valence-electron chi connectivity index (χ2n) is 5.22. The molecule has 0 radical (unpaired) electrons. The van der Waals surface area contributed by atoms with E-state index in [1.165, 1.54) is 11.3 Å². The number of amides is 1. The lowest BCUT2D eigenvalue weighted by molar-refractivity contribution is -0.129. The van der Waals surface area contributed by atoms with E-state index in [0.717, 1.165) is 36.6 Å². The molecule has 0 atom stereocenters. The zero-order chi connectivity index (χ0) is 14.9. The second-order valence-corrected chi connectivity index (χ2v) is 6.11. The predicted octanol–water partition coefficient (Wildman–Crippen LogP) is 1.41. The minimum atomic E-state index is 0.133. The van der Waals surface area contributed by atoms with Crippen LogP contribution in [0.25, 0.3) is 16.5 Å². The summed E-state index contributed by atoms with van der Waals surface area (Å²) in [4.78, 5) is 18.4. The molecule has 4 rings (SSSR count). The summed E-state index contributed by atoms with van der Waals surface area (Å²) >= 11 is 1.49. The second kappa shape index (κ2) is 5.45. The molecule has 22 heavy (non-hydrogen) atoms. The Morgan fingerprint density at radius 1 is 1.23 bits per heavy atom. The monoisotopic (exact) mass is 314 g/mol. The highest BCUT2D eigenvalue weighted by molar-refractivity contribution is 7.13. The van der Waals surface area contributed by atoms with Crippen molar-refractivity contribution < 1.29 is 4.79 Å². The first-order chi connectivity index (χ1) is 10.8. The number of nitrogens with zero attached hydrogens (tertiary/aromatic N) is 6. The summed E-state index contributed by atoms with van der Waals surface area (Å²) in [6, 6.07) is 3.67. The Hall–Kier alpha value is -2.35. The van der Waals surface area contributed by atoms with Crippen LogP contribution in [0.4, 0.5) is 0 Å². The molecular formula is C14H14N6OS. The standard InChI is InChI=1S/C14H14N6OS/c21-12(19-6-1-2-7-19)9-10-3-4-11-16-17-13(20(11)18-10)14-15-5-8-22-14/h3-5,8H,1-2,6-7,9H2. The third kappa shape index (κ3) is 2.35. The number of carbonyl (C=O) groups excluding carboxylic acids is 1. The Morgan fingerprint density at radius 2 is 2.09 bits per heavy atom. The van der Waals surface area contributed by atoms with Crippen LogP contribution in [0.15, 0.2) is 23.7 Å². The fraction of sp³-hybridized carbons (Fsp3) is 0.357. The van der Waals surface area contributed by atoms with Gasteiger partial charge in [0.25, 0.3) is 0 Å². The van der Waals surface area contributed by atoms with Gasteiger partial charge in [0.2, 0.25) is 11.7 Å². The van der Waals surface area contributed by atoms with E-state index in [4.69, 9.17) is 0 Å². The first-order valence-electron chi connectivity index (χ1n) is 7.20. The number of aromatic nitrogens is 5. The first kappa shape index (κ1) is 13.3. The Balaban J connectivity index is 1.65. The van der Waals surface area contributed by atoms with Gasteiger partial charge in [0.1, 0.15) is 0 Å². The van der Waals surface area contributed by atoms with Crippen LogP contribution in [0.1, 0.15) is 18.5 Å². The molecule has 7 nitrogen and oxygen atoms in total. The quantitative estimate of drug-likeness (QED) is 0.730. The zero-order valence-corrected chi connectivity index (χ0v) is 12.7. The van der Waals surface area contributed by atoms with Crippen molar-refractivity contribution in [2.24, 2.45) is 0 Å². The molecule has 1 fully saturated rings. The molecule has 8 heteroatoms. The maximum absolute atomic E-state index is 12.2. The molecule has 1 aliphatic rings. The number of hydrogen-bond donors (Lipinski definition) is 0. The Bertz CT molecular complexity index is 806. The molecule has 0 spiro atoms. The number of rotatable bonds is 3. The largest absolute Gasteiger partial charge is 0.342 e. The molecule has 0 bridgehead atoms. The summed E-state index contributed by atoms with van der Waals surface area (Å²) in [7, 11) is 0. The van der Waals surface area contributed by atoms with Crippen molar-refractivity contribution in [1.82, 2.24) is 29.7 Å². The van der Waals surface area contributed by atoms with Crippen molar-refractivity contribution in [3.8, 4) is 10.8 Å². The van der Waals surface area contributed by atoms with Gasteiger partial charge < -0.3 is 4.90 Å². The van der Waals surface area contributed by atoms with Crippen LogP contribution in [0.2, 0.25) is 0 Å². The number of hydrogen-bond acceptors (Lipinski definition) is 6. The summed E-state index contributed by atoms with van der Waals surface area (Å²) in [5.74, 6) is 0.744. The maximum Gasteiger partial charge on any atom is 0.228 e. The van der Waals surface area contributed by atoms with Crippen LogP contribution in [-0.4, -0.2) is 48.7 Å². The lowest BCUT2D eigenvalue weighted by atomic mass is 10.2. The highest BCUT2D eigenvalue weighted by atomic mass is 32.1. The molecule has 0 aromatic carbocycles. The van der Waals surface area contributed by atoms with E-state index >= 15 is 0 Å². The molecule has 0 aliphatic carbocycles. The van der Waals surface area contributed by atoms with Gasteiger partial charge in [0.15, 0.2) is 10.7 Å². The molecule has 0 saturated carbocycles. The molecule has 3 aromatic heterocycles. The lowest BCUT2D eigenvalue weighted by Gasteiger charge is -2.14. The Kier molecular flexibility index (Phi) is 3.30. The van der Waals surface area contributed by atoms with Crippen LogP contribution in [-0.2, 0) is 11.2 Å². The third-order valence-electron chi connectivity index (χ3n) is 3.73. The SMILES string of the molecule is O=C(Cc1ccc2nnc(-c3nccs3)n2n1)N1CCCC1. The number of fused-ring (bicyclic) bond motifs is 1. The van der Waals surface area contributed by atoms with Crippen LogP contribution in [0.3, 0.4) is 0 Å². The summed E-state index contributed by atoms with van der Waals surface area (Å²) < 4.78 is 1.66. The topological polar surface area (TPSA) is 76.3 Å². The Labute approximate surface area is 130 Å². The van der Waals surface area contributed by atoms with Crippen LogP contribution < -0.4 is 0 Å². The highest BCUT2D eigenvalue weighted by Gasteiger charge is 2.19. The van der Waals surface area contributed by atoms with E-state index in [2.05, 4.69) is 20.3 Å². The van der Waals surface area contributed by atoms with Gasteiger partial charge >= 0.3 is 0 Å². The molecular weight excluding hydrogens is 300 g/mol. The van der Waals surface area contributed by atoms with Gasteiger partial charge in [0, 0.05) is 24.7 Å². The molecule has 4 heterocycles. The van der Waals surface area contributed by atoms with Gasteiger partial charge in [-0.25, -0.2) is 4.98 Å². The van der Waals surface area contributed by atoms with Gasteiger partial charge in [-0.05, 0) is 25.0 Å². The molecule has 1 saturated heterocycles. The van der Waals surface area contributed by atoms with E-state index in [1.54, 1.807) is 10.7 Å². The Morgan fingerprint density at radius 3 is 2.86 bits per heavy atom. The van der Waals surface area contributed by atoms with E-state index in [1.807, 2.05) is 22.4 Å². The van der Waals surface area contributed by atoms with E-state index in [-0.39, 0.29) is 5.91 Å². The molecule has 1 amide bonds. The van der Waals surface area contributed by atoms with Crippen molar-refractivity contribution in [1.29, 1.82) is 0 Å². The van der Waals surface area contributed by atoms with Gasteiger partial charge in [-0.15, -0.1) is 21.5 Å². The van der Waals surface area contributed by atoms with Gasteiger partial charge in [-0.1, -0.05) is 0 Å². The fourth-order valence-electron chi connectivity index (χ4n) is 2.62. The minimum Gasteiger partial charge on any atom is -0.342 e. The van der Waals surface area contributed by atoms with Gasteiger partial charge in [0.05, 0.1) is 12.1 Å². The minimum absolute atomic E-state index is 0.133. The lowest BCUT2D eigenvalue weighted by Crippen LogP contribution is -2.29. The number of carbonyl (C=O) groups is 1. The first-order valence-corrected chi connectivity index (χ1v) is 8.08. The van der Waals surface area contributed by atoms with Gasteiger partial charge in [-0.3, -0.25) is 4.79 Å². The highest BCUT2D eigenvalue weighted by Crippen LogP contribution is 2.20. The van der Waals surface area contributed by atoms with E-state index in [0.29, 0.717) is 17.9 Å². The fourth-order valence-corrected chi connectivity index (χ4v) is 3.23. The zero-order valence-electron chi connectivity index (χ0n) is 11.8. The molecule has 3 aromatic rings. The molecule has 0 unspecified atom stereocenters. The molecule has 1 aliphatic heterocycles. The van der Waals surface area contributed by atoms with Crippen LogP contribution in [0, 0.1) is 0 Å². The summed E-state index contributed by atoms with van der Waals surface area (Å²) in [6.45, 7) is 1.72. The predicted molar refractivity (Wildman–Crippen MR) is 81.4 cm³/mol.